The molecule has 3 rings (SSSR count). The molecule has 1 aromatic carbocycles. The van der Waals surface area contributed by atoms with Gasteiger partial charge in [0.05, 0.1) is 0 Å². The first kappa shape index (κ1) is 26.8. The second-order valence-electron chi connectivity index (χ2n) is 12.0. The van der Waals surface area contributed by atoms with Crippen molar-refractivity contribution < 1.29 is 0 Å². The third-order valence-corrected chi connectivity index (χ3v) is 10.9. The van der Waals surface area contributed by atoms with Crippen molar-refractivity contribution in [1.29, 1.82) is 0 Å². The van der Waals surface area contributed by atoms with Gasteiger partial charge in [0, 0.05) is 24.8 Å². The Labute approximate surface area is 209 Å². The van der Waals surface area contributed by atoms with Gasteiger partial charge in [-0.2, -0.15) is 0 Å². The summed E-state index contributed by atoms with van der Waals surface area (Å²) < 4.78 is 0. The maximum Gasteiger partial charge on any atom is 0.150 e. The van der Waals surface area contributed by atoms with Crippen molar-refractivity contribution in [2.24, 2.45) is 0 Å². The van der Waals surface area contributed by atoms with Crippen LogP contribution in [0.2, 0.25) is 0 Å². The first-order valence-electron chi connectivity index (χ1n) is 11.9. The summed E-state index contributed by atoms with van der Waals surface area (Å²) in [5, 5.41) is -0.330. The predicted octanol–water partition coefficient (Wildman–Crippen LogP) is 7.31. The van der Waals surface area contributed by atoms with Crippen LogP contribution in [0.5, 0.6) is 0 Å². The van der Waals surface area contributed by atoms with E-state index in [1.807, 2.05) is 12.1 Å². The van der Waals surface area contributed by atoms with E-state index in [1.165, 1.54) is 16.7 Å². The summed E-state index contributed by atoms with van der Waals surface area (Å²) in [4.78, 5) is 18.8. The molecule has 2 aromatic heterocycles. The Morgan fingerprint density at radius 2 is 1.15 bits per heavy atom. The van der Waals surface area contributed by atoms with Gasteiger partial charge in [-0.3, -0.25) is 0 Å². The molecule has 0 saturated carbocycles. The molecule has 0 amide bonds. The zero-order valence-electron chi connectivity index (χ0n) is 22.2. The minimum Gasteiger partial charge on any atom is -0.240 e. The van der Waals surface area contributed by atoms with E-state index in [2.05, 4.69) is 89.8 Å². The summed E-state index contributed by atoms with van der Waals surface area (Å²) in [5.74, 6) is 1.38. The fourth-order valence-electron chi connectivity index (χ4n) is 4.55. The lowest BCUT2D eigenvalue weighted by Gasteiger charge is -2.43. The van der Waals surface area contributed by atoms with E-state index in [9.17, 15) is 0 Å². The molecule has 182 valence electrons. The van der Waals surface area contributed by atoms with E-state index >= 15 is 0 Å². The number of aromatic nitrogens is 4. The van der Waals surface area contributed by atoms with Gasteiger partial charge in [0.15, 0.2) is 0 Å². The average molecular weight is 495 g/mol. The fraction of sp³-hybridized carbons (Fsp3) is 0.500. The molecule has 0 fully saturated rings. The van der Waals surface area contributed by atoms with Gasteiger partial charge in [-0.25, -0.2) is 19.9 Å². The molecule has 34 heavy (non-hydrogen) atoms. The van der Waals surface area contributed by atoms with E-state index in [-0.39, 0.29) is 23.6 Å². The fourth-order valence-corrected chi connectivity index (χ4v) is 8.69. The van der Waals surface area contributed by atoms with Crippen molar-refractivity contribution in [3.8, 4) is 0 Å². The first-order valence-corrected chi connectivity index (χ1v) is 14.0. The van der Waals surface area contributed by atoms with Crippen molar-refractivity contribution in [3.05, 3.63) is 83.5 Å². The van der Waals surface area contributed by atoms with Gasteiger partial charge in [-0.15, -0.1) is 9.24 Å². The first-order chi connectivity index (χ1) is 15.6. The van der Waals surface area contributed by atoms with Crippen LogP contribution in [0.4, 0.5) is 0 Å². The molecule has 0 aliphatic heterocycles. The van der Waals surface area contributed by atoms with Crippen LogP contribution < -0.4 is 0 Å². The topological polar surface area (TPSA) is 51.6 Å². The predicted molar refractivity (Wildman–Crippen MR) is 149 cm³/mol. The zero-order valence-corrected chi connectivity index (χ0v) is 24.3. The third-order valence-electron chi connectivity index (χ3n) is 6.19. The van der Waals surface area contributed by atoms with E-state index in [4.69, 9.17) is 19.9 Å². The Hall–Kier alpha value is -1.76. The average Bonchev–Trinajstić information content (AvgIpc) is 2.76. The molecule has 4 nitrogen and oxygen atoms in total. The molecule has 0 radical (unpaired) electrons. The maximum atomic E-state index is 4.71. The lowest BCUT2D eigenvalue weighted by atomic mass is 9.82. The molecule has 2 heterocycles. The van der Waals surface area contributed by atoms with Crippen LogP contribution in [-0.4, -0.2) is 30.2 Å². The second-order valence-corrected chi connectivity index (χ2v) is 16.7. The quantitative estimate of drug-likeness (QED) is 0.349. The molecule has 6 heteroatoms. The van der Waals surface area contributed by atoms with Crippen molar-refractivity contribution >= 4 is 17.2 Å². The molecule has 0 N–H and O–H groups in total. The smallest absolute Gasteiger partial charge is 0.150 e. The number of rotatable bonds is 5. The van der Waals surface area contributed by atoms with Gasteiger partial charge in [-0.1, -0.05) is 88.4 Å². The van der Waals surface area contributed by atoms with Crippen LogP contribution in [0.3, 0.4) is 0 Å². The molecule has 0 bridgehead atoms. The molecule has 1 atom stereocenters. The summed E-state index contributed by atoms with van der Waals surface area (Å²) in [7, 11) is 2.69. The second kappa shape index (κ2) is 9.71. The van der Waals surface area contributed by atoms with Gasteiger partial charge in [0.2, 0.25) is 0 Å². The van der Waals surface area contributed by atoms with Gasteiger partial charge in [0.1, 0.15) is 16.8 Å². The van der Waals surface area contributed by atoms with Crippen LogP contribution in [0, 0.1) is 0 Å². The SMILES string of the molecule is CC(C)(C)c1ccc(CP(C(C)(C)C)C(C)(C)C)c(C(P)(c2ncccn2)c2ncccn2)c1. The monoisotopic (exact) mass is 494 g/mol. The summed E-state index contributed by atoms with van der Waals surface area (Å²) in [6.45, 7) is 21.0. The van der Waals surface area contributed by atoms with Crippen LogP contribution in [-0.2, 0) is 16.7 Å². The number of hydrogen-bond donors (Lipinski definition) is 0. The Balaban J connectivity index is 2.34. The highest BCUT2D eigenvalue weighted by atomic mass is 31.1. The maximum absolute atomic E-state index is 4.71. The van der Waals surface area contributed by atoms with Gasteiger partial charge in [-0.05, 0) is 50.7 Å². The van der Waals surface area contributed by atoms with Crippen LogP contribution >= 0.6 is 17.2 Å². The standard InChI is InChI=1S/C28H40N4P2/c1-25(2,3)21-13-12-20(19-34(26(4,5)6)27(7,8)9)22(18-21)28(33,23-29-14-10-15-30-23)24-31-16-11-17-32-24/h10-18H,19,33H2,1-9H3. The molecular weight excluding hydrogens is 454 g/mol. The Morgan fingerprint density at radius 3 is 1.53 bits per heavy atom. The minimum absolute atomic E-state index is 0.00668. The normalized spacial score (nSPS) is 13.4. The van der Waals surface area contributed by atoms with E-state index < -0.39 is 5.16 Å². The molecule has 0 aliphatic rings. The third kappa shape index (κ3) is 5.72. The Kier molecular flexibility index (Phi) is 7.66. The molecule has 0 aliphatic carbocycles. The van der Waals surface area contributed by atoms with Crippen molar-refractivity contribution in [2.45, 2.75) is 89.4 Å². The van der Waals surface area contributed by atoms with Crippen molar-refractivity contribution in [3.63, 3.8) is 0 Å². The van der Waals surface area contributed by atoms with Crippen LogP contribution in [0.25, 0.3) is 0 Å². The molecule has 1 unspecified atom stereocenters. The highest BCUT2D eigenvalue weighted by molar-refractivity contribution is 7.60. The number of benzene rings is 1. The summed E-state index contributed by atoms with van der Waals surface area (Å²) in [6.07, 6.45) is 8.21. The lowest BCUT2D eigenvalue weighted by molar-refractivity contribution is 0.587. The van der Waals surface area contributed by atoms with E-state index in [0.29, 0.717) is 11.6 Å². The largest absolute Gasteiger partial charge is 0.240 e. The summed E-state index contributed by atoms with van der Waals surface area (Å²) in [5.41, 5.74) is 3.77. The lowest BCUT2D eigenvalue weighted by Crippen LogP contribution is -2.30. The highest BCUT2D eigenvalue weighted by Crippen LogP contribution is 2.62. The van der Waals surface area contributed by atoms with Gasteiger partial charge in [0.25, 0.3) is 0 Å². The highest BCUT2D eigenvalue weighted by Gasteiger charge is 2.41. The van der Waals surface area contributed by atoms with E-state index in [1.54, 1.807) is 24.8 Å². The molecule has 0 spiro atoms. The van der Waals surface area contributed by atoms with Gasteiger partial charge < -0.3 is 0 Å². The molecule has 3 aromatic rings. The molecule has 0 saturated heterocycles. The minimum atomic E-state index is -0.754. The van der Waals surface area contributed by atoms with Crippen molar-refractivity contribution in [2.75, 3.05) is 0 Å². The Morgan fingerprint density at radius 1 is 0.706 bits per heavy atom. The summed E-state index contributed by atoms with van der Waals surface area (Å²) in [6, 6.07) is 10.7. The number of nitrogens with zero attached hydrogens (tertiary/aromatic N) is 4. The number of hydrogen-bond acceptors (Lipinski definition) is 4. The van der Waals surface area contributed by atoms with Gasteiger partial charge >= 0.3 is 0 Å². The van der Waals surface area contributed by atoms with Crippen LogP contribution in [0.1, 0.15) is 90.7 Å². The molecular formula is C28H40N4P2. The summed E-state index contributed by atoms with van der Waals surface area (Å²) >= 11 is 0. The van der Waals surface area contributed by atoms with E-state index in [0.717, 1.165) is 6.16 Å². The van der Waals surface area contributed by atoms with Crippen LogP contribution in [0.15, 0.2) is 55.1 Å². The Bertz CT molecular complexity index is 1040. The van der Waals surface area contributed by atoms with Crippen molar-refractivity contribution in [1.82, 2.24) is 19.9 Å². The zero-order chi connectivity index (χ0) is 25.4.